The maximum atomic E-state index is 13.5. The van der Waals surface area contributed by atoms with Gasteiger partial charge in [0.2, 0.25) is 6.79 Å². The van der Waals surface area contributed by atoms with Crippen molar-refractivity contribution in [1.82, 2.24) is 10.1 Å². The number of aliphatic carboxylic acids is 1. The lowest BCUT2D eigenvalue weighted by molar-refractivity contribution is -0.152. The highest BCUT2D eigenvalue weighted by atomic mass is 16.7. The molecule has 1 atom stereocenters. The Hall–Kier alpha value is -5.52. The molecule has 3 aromatic carbocycles. The summed E-state index contributed by atoms with van der Waals surface area (Å²) in [6.07, 6.45) is -1.36. The van der Waals surface area contributed by atoms with Crippen LogP contribution in [0.15, 0.2) is 83.4 Å². The number of carboxylic acid groups (broad SMARTS) is 1. The standard InChI is InChI=1S/C32H31N3O9/c1-4-25(28-17-24(34-44-28)21-10-13-23(14-11-21)43-32(2,3)29(36)37)42-31(39)35(18-20-8-6-5-7-9-20)30(38)33-22-12-15-26-27(16-22)41-19-40-26/h5-17,25H,4,18-19H2,1-3H3,(H,33,38)(H,36,37). The van der Waals surface area contributed by atoms with Crippen LogP contribution in [-0.2, 0) is 16.1 Å². The molecular formula is C32H31N3O9. The monoisotopic (exact) mass is 601 g/mol. The van der Waals surface area contributed by atoms with Crippen molar-refractivity contribution in [1.29, 1.82) is 0 Å². The number of benzene rings is 3. The summed E-state index contributed by atoms with van der Waals surface area (Å²) in [5.41, 5.74) is 0.895. The molecule has 0 radical (unpaired) electrons. The zero-order valence-electron chi connectivity index (χ0n) is 24.3. The van der Waals surface area contributed by atoms with Crippen LogP contribution in [0.4, 0.5) is 15.3 Å². The summed E-state index contributed by atoms with van der Waals surface area (Å²) in [4.78, 5) is 39.2. The van der Waals surface area contributed by atoms with E-state index < -0.39 is 29.8 Å². The Labute approximate surface area is 253 Å². The molecule has 0 spiro atoms. The predicted octanol–water partition coefficient (Wildman–Crippen LogP) is 6.63. The van der Waals surface area contributed by atoms with Gasteiger partial charge in [0.05, 0.1) is 6.54 Å². The van der Waals surface area contributed by atoms with Gasteiger partial charge in [-0.15, -0.1) is 0 Å². The molecule has 1 aliphatic heterocycles. The molecule has 0 saturated carbocycles. The highest BCUT2D eigenvalue weighted by molar-refractivity contribution is 5.99. The van der Waals surface area contributed by atoms with Crippen molar-refractivity contribution >= 4 is 23.8 Å². The number of carboxylic acids is 1. The maximum absolute atomic E-state index is 13.5. The second-order valence-corrected chi connectivity index (χ2v) is 10.4. The van der Waals surface area contributed by atoms with Gasteiger partial charge in [0.25, 0.3) is 0 Å². The van der Waals surface area contributed by atoms with Gasteiger partial charge in [-0.1, -0.05) is 42.4 Å². The number of fused-ring (bicyclic) bond motifs is 1. The number of ether oxygens (including phenoxy) is 4. The normalized spacial score (nSPS) is 12.7. The van der Waals surface area contributed by atoms with E-state index in [0.29, 0.717) is 46.4 Å². The van der Waals surface area contributed by atoms with E-state index in [1.54, 1.807) is 60.7 Å². The summed E-state index contributed by atoms with van der Waals surface area (Å²) in [7, 11) is 0. The summed E-state index contributed by atoms with van der Waals surface area (Å²) in [5, 5.41) is 16.1. The first kappa shape index (κ1) is 30.0. The number of nitrogens with one attached hydrogen (secondary N) is 1. The van der Waals surface area contributed by atoms with Crippen LogP contribution in [0.5, 0.6) is 17.2 Å². The Bertz CT molecular complexity index is 1630. The van der Waals surface area contributed by atoms with E-state index in [0.717, 1.165) is 10.5 Å². The van der Waals surface area contributed by atoms with Crippen LogP contribution >= 0.6 is 0 Å². The second-order valence-electron chi connectivity index (χ2n) is 10.4. The third-order valence-electron chi connectivity index (χ3n) is 6.77. The molecule has 4 aromatic rings. The van der Waals surface area contributed by atoms with Gasteiger partial charge in [-0.25, -0.2) is 19.3 Å². The Morgan fingerprint density at radius 2 is 1.73 bits per heavy atom. The number of amides is 3. The number of carbonyl (C=O) groups is 3. The minimum atomic E-state index is -1.39. The number of nitrogens with zero attached hydrogens (tertiary/aromatic N) is 2. The fraction of sp³-hybridized carbons (Fsp3) is 0.250. The summed E-state index contributed by atoms with van der Waals surface area (Å²) in [6.45, 7) is 4.78. The first-order chi connectivity index (χ1) is 21.1. The molecule has 5 rings (SSSR count). The predicted molar refractivity (Wildman–Crippen MR) is 157 cm³/mol. The van der Waals surface area contributed by atoms with Crippen LogP contribution in [0.3, 0.4) is 0 Å². The van der Waals surface area contributed by atoms with Crippen molar-refractivity contribution in [3.8, 4) is 28.5 Å². The molecule has 3 amide bonds. The fourth-order valence-corrected chi connectivity index (χ4v) is 4.29. The maximum Gasteiger partial charge on any atom is 0.419 e. The summed E-state index contributed by atoms with van der Waals surface area (Å²) in [5.74, 6) is 0.628. The summed E-state index contributed by atoms with van der Waals surface area (Å²) < 4.78 is 27.6. The third-order valence-corrected chi connectivity index (χ3v) is 6.77. The van der Waals surface area contributed by atoms with E-state index in [-0.39, 0.29) is 13.3 Å². The van der Waals surface area contributed by atoms with Crippen LogP contribution in [0.1, 0.15) is 44.6 Å². The van der Waals surface area contributed by atoms with E-state index >= 15 is 0 Å². The summed E-state index contributed by atoms with van der Waals surface area (Å²) >= 11 is 0. The molecule has 1 aliphatic rings. The Morgan fingerprint density at radius 1 is 1.00 bits per heavy atom. The van der Waals surface area contributed by atoms with Gasteiger partial charge >= 0.3 is 18.1 Å². The largest absolute Gasteiger partial charge is 0.478 e. The van der Waals surface area contributed by atoms with Gasteiger partial charge in [0, 0.05) is 23.4 Å². The Kier molecular flexibility index (Phi) is 8.70. The second kappa shape index (κ2) is 12.8. The molecule has 2 N–H and O–H groups in total. The first-order valence-electron chi connectivity index (χ1n) is 13.8. The van der Waals surface area contributed by atoms with Crippen LogP contribution in [0.25, 0.3) is 11.3 Å². The highest BCUT2D eigenvalue weighted by Gasteiger charge is 2.30. The average molecular weight is 602 g/mol. The van der Waals surface area contributed by atoms with Crippen LogP contribution in [-0.4, -0.2) is 45.7 Å². The molecule has 1 aromatic heterocycles. The topological polar surface area (TPSA) is 150 Å². The van der Waals surface area contributed by atoms with Crippen molar-refractivity contribution in [3.05, 3.63) is 90.2 Å². The molecule has 12 nitrogen and oxygen atoms in total. The summed E-state index contributed by atoms with van der Waals surface area (Å²) in [6, 6.07) is 21.6. The molecule has 44 heavy (non-hydrogen) atoms. The number of rotatable bonds is 10. The Morgan fingerprint density at radius 3 is 2.43 bits per heavy atom. The molecule has 0 aliphatic carbocycles. The van der Waals surface area contributed by atoms with E-state index in [1.807, 2.05) is 25.1 Å². The lowest BCUT2D eigenvalue weighted by Gasteiger charge is -2.23. The highest BCUT2D eigenvalue weighted by Crippen LogP contribution is 2.34. The van der Waals surface area contributed by atoms with Crippen molar-refractivity contribution in [2.75, 3.05) is 12.1 Å². The van der Waals surface area contributed by atoms with Gasteiger partial charge in [0.15, 0.2) is 29.0 Å². The molecule has 1 unspecified atom stereocenters. The van der Waals surface area contributed by atoms with Crippen LogP contribution < -0.4 is 19.5 Å². The number of hydrogen-bond acceptors (Lipinski definition) is 9. The van der Waals surface area contributed by atoms with Gasteiger partial charge in [-0.05, 0) is 62.2 Å². The van der Waals surface area contributed by atoms with Gasteiger partial charge in [0.1, 0.15) is 11.4 Å². The van der Waals surface area contributed by atoms with Crippen molar-refractivity contribution in [2.24, 2.45) is 0 Å². The zero-order chi connectivity index (χ0) is 31.3. The van der Waals surface area contributed by atoms with Gasteiger partial charge in [-0.3, -0.25) is 0 Å². The van der Waals surface area contributed by atoms with Crippen LogP contribution in [0, 0.1) is 0 Å². The molecule has 12 heteroatoms. The number of aromatic nitrogens is 1. The SMILES string of the molecule is CCC(OC(=O)N(Cc1ccccc1)C(=O)Nc1ccc2c(c1)OCO2)c1cc(-c2ccc(OC(C)(C)C(=O)O)cc2)no1. The first-order valence-corrected chi connectivity index (χ1v) is 13.8. The van der Waals surface area contributed by atoms with E-state index in [9.17, 15) is 19.5 Å². The molecule has 0 saturated heterocycles. The van der Waals surface area contributed by atoms with Crippen LogP contribution in [0.2, 0.25) is 0 Å². The van der Waals surface area contributed by atoms with Crippen molar-refractivity contribution in [2.45, 2.75) is 45.4 Å². The average Bonchev–Trinajstić information content (AvgIpc) is 3.69. The lowest BCUT2D eigenvalue weighted by Crippen LogP contribution is -2.40. The quantitative estimate of drug-likeness (QED) is 0.203. The number of imide groups is 1. The number of anilines is 1. The zero-order valence-corrected chi connectivity index (χ0v) is 24.3. The minimum Gasteiger partial charge on any atom is -0.478 e. The fourth-order valence-electron chi connectivity index (χ4n) is 4.29. The molecule has 2 heterocycles. The van der Waals surface area contributed by atoms with Gasteiger partial charge < -0.3 is 33.9 Å². The molecule has 0 fully saturated rings. The van der Waals surface area contributed by atoms with E-state index in [2.05, 4.69) is 10.5 Å². The molecule has 228 valence electrons. The van der Waals surface area contributed by atoms with E-state index in [4.69, 9.17) is 23.5 Å². The number of urea groups is 1. The lowest BCUT2D eigenvalue weighted by atomic mass is 10.1. The van der Waals surface area contributed by atoms with Gasteiger partial charge in [-0.2, -0.15) is 0 Å². The third kappa shape index (κ3) is 6.92. The van der Waals surface area contributed by atoms with Crippen molar-refractivity contribution < 1.29 is 43.0 Å². The Balaban J connectivity index is 1.30. The molecular weight excluding hydrogens is 570 g/mol. The number of carbonyl (C=O) groups excluding carboxylic acids is 2. The minimum absolute atomic E-state index is 0.0404. The molecule has 0 bridgehead atoms. The smallest absolute Gasteiger partial charge is 0.419 e. The number of hydrogen-bond donors (Lipinski definition) is 2. The van der Waals surface area contributed by atoms with Crippen molar-refractivity contribution in [3.63, 3.8) is 0 Å². The van der Waals surface area contributed by atoms with E-state index in [1.165, 1.54) is 13.8 Å².